The molecule has 0 radical (unpaired) electrons. The number of fused-ring (bicyclic) bond motifs is 2. The number of rotatable bonds is 2. The summed E-state index contributed by atoms with van der Waals surface area (Å²) >= 11 is 0. The van der Waals surface area contributed by atoms with Crippen LogP contribution in [0.2, 0.25) is 0 Å². The van der Waals surface area contributed by atoms with Crippen LogP contribution in [0.15, 0.2) is 12.2 Å². The van der Waals surface area contributed by atoms with Crippen molar-refractivity contribution in [3.63, 3.8) is 0 Å². The van der Waals surface area contributed by atoms with Gasteiger partial charge in [0.05, 0.1) is 6.07 Å². The van der Waals surface area contributed by atoms with E-state index in [0.29, 0.717) is 30.1 Å². The number of aliphatic hydroxyl groups excluding tert-OH is 1. The van der Waals surface area contributed by atoms with Crippen LogP contribution in [0.5, 0.6) is 0 Å². The standard InChI is InChI=1S/C10H13NO/c11-4-3-9-7-1-2-8(5-7)10(9)6-12/h1-2,7-10,12H,3,5-6H2. The summed E-state index contributed by atoms with van der Waals surface area (Å²) in [4.78, 5) is 0. The van der Waals surface area contributed by atoms with Crippen LogP contribution in [0.25, 0.3) is 0 Å². The fourth-order valence-corrected chi connectivity index (χ4v) is 2.71. The molecule has 0 amide bonds. The van der Waals surface area contributed by atoms with Crippen LogP contribution in [0.4, 0.5) is 0 Å². The average Bonchev–Trinajstić information content (AvgIpc) is 2.64. The van der Waals surface area contributed by atoms with Gasteiger partial charge in [0.2, 0.25) is 0 Å². The summed E-state index contributed by atoms with van der Waals surface area (Å²) in [6.45, 7) is 0.248. The van der Waals surface area contributed by atoms with Gasteiger partial charge in [-0.1, -0.05) is 12.2 Å². The molecule has 0 aromatic rings. The van der Waals surface area contributed by atoms with E-state index in [0.717, 1.165) is 6.42 Å². The molecular formula is C10H13NO. The van der Waals surface area contributed by atoms with Gasteiger partial charge in [-0.3, -0.25) is 0 Å². The second-order valence-electron chi connectivity index (χ2n) is 3.82. The number of hydrogen-bond donors (Lipinski definition) is 1. The second kappa shape index (κ2) is 2.91. The number of nitrogens with zero attached hydrogens (tertiary/aromatic N) is 1. The van der Waals surface area contributed by atoms with E-state index in [1.54, 1.807) is 0 Å². The van der Waals surface area contributed by atoms with Gasteiger partial charge in [0.15, 0.2) is 0 Å². The van der Waals surface area contributed by atoms with E-state index in [1.807, 2.05) is 0 Å². The molecule has 2 bridgehead atoms. The summed E-state index contributed by atoms with van der Waals surface area (Å²) in [5.41, 5.74) is 0. The number of allylic oxidation sites excluding steroid dienone is 2. The zero-order valence-electron chi connectivity index (χ0n) is 6.98. The van der Waals surface area contributed by atoms with E-state index >= 15 is 0 Å². The van der Waals surface area contributed by atoms with Crippen LogP contribution in [0, 0.1) is 35.0 Å². The Kier molecular flexibility index (Phi) is 1.90. The second-order valence-corrected chi connectivity index (χ2v) is 3.82. The summed E-state index contributed by atoms with van der Waals surface area (Å²) in [7, 11) is 0. The van der Waals surface area contributed by atoms with Crippen LogP contribution in [0.3, 0.4) is 0 Å². The normalized spacial score (nSPS) is 43.3. The Bertz CT molecular complexity index is 241. The summed E-state index contributed by atoms with van der Waals surface area (Å²) in [6, 6.07) is 2.21. The van der Waals surface area contributed by atoms with Gasteiger partial charge in [-0.05, 0) is 30.1 Å². The zero-order valence-corrected chi connectivity index (χ0v) is 6.98. The van der Waals surface area contributed by atoms with Gasteiger partial charge in [0, 0.05) is 13.0 Å². The molecule has 12 heavy (non-hydrogen) atoms. The lowest BCUT2D eigenvalue weighted by molar-refractivity contribution is 0.165. The highest BCUT2D eigenvalue weighted by Crippen LogP contribution is 2.48. The molecule has 0 aromatic heterocycles. The summed E-state index contributed by atoms with van der Waals surface area (Å²) in [5.74, 6) is 1.92. The van der Waals surface area contributed by atoms with E-state index in [2.05, 4.69) is 18.2 Å². The maximum absolute atomic E-state index is 9.14. The first-order chi connectivity index (χ1) is 5.86. The first-order valence-electron chi connectivity index (χ1n) is 4.53. The third kappa shape index (κ3) is 0.971. The Balaban J connectivity index is 2.13. The Morgan fingerprint density at radius 1 is 1.33 bits per heavy atom. The highest BCUT2D eigenvalue weighted by molar-refractivity contribution is 5.14. The molecule has 0 spiro atoms. The average molecular weight is 163 g/mol. The summed E-state index contributed by atoms with van der Waals surface area (Å²) in [6.07, 6.45) is 6.20. The quantitative estimate of drug-likeness (QED) is 0.624. The SMILES string of the molecule is N#CCC1C2C=CC(C2)C1CO. The van der Waals surface area contributed by atoms with Crippen molar-refractivity contribution in [2.45, 2.75) is 12.8 Å². The molecule has 1 N–H and O–H groups in total. The highest BCUT2D eigenvalue weighted by atomic mass is 16.3. The lowest BCUT2D eigenvalue weighted by atomic mass is 9.82. The van der Waals surface area contributed by atoms with Gasteiger partial charge in [-0.15, -0.1) is 0 Å². The third-order valence-electron chi connectivity index (χ3n) is 3.34. The molecule has 4 unspecified atom stereocenters. The number of aliphatic hydroxyl groups is 1. The van der Waals surface area contributed by atoms with Crippen molar-refractivity contribution in [1.82, 2.24) is 0 Å². The van der Waals surface area contributed by atoms with Gasteiger partial charge in [-0.25, -0.2) is 0 Å². The topological polar surface area (TPSA) is 44.0 Å². The van der Waals surface area contributed by atoms with Gasteiger partial charge in [0.25, 0.3) is 0 Å². The van der Waals surface area contributed by atoms with Gasteiger partial charge in [-0.2, -0.15) is 5.26 Å². The fraction of sp³-hybridized carbons (Fsp3) is 0.700. The minimum absolute atomic E-state index is 0.248. The predicted octanol–water partition coefficient (Wildman–Crippen LogP) is 1.33. The summed E-state index contributed by atoms with van der Waals surface area (Å²) in [5, 5.41) is 17.8. The number of hydrogen-bond acceptors (Lipinski definition) is 2. The maximum Gasteiger partial charge on any atom is 0.0625 e. The molecule has 2 nitrogen and oxygen atoms in total. The van der Waals surface area contributed by atoms with Crippen molar-refractivity contribution >= 4 is 0 Å². The Hall–Kier alpha value is -0.810. The Morgan fingerprint density at radius 2 is 2.00 bits per heavy atom. The zero-order chi connectivity index (χ0) is 8.55. The van der Waals surface area contributed by atoms with Crippen LogP contribution in [0.1, 0.15) is 12.8 Å². The molecule has 0 aliphatic heterocycles. The Morgan fingerprint density at radius 3 is 2.58 bits per heavy atom. The largest absolute Gasteiger partial charge is 0.396 e. The highest BCUT2D eigenvalue weighted by Gasteiger charge is 2.43. The minimum Gasteiger partial charge on any atom is -0.396 e. The van der Waals surface area contributed by atoms with Crippen LogP contribution >= 0.6 is 0 Å². The molecule has 2 aliphatic rings. The van der Waals surface area contributed by atoms with E-state index in [1.165, 1.54) is 0 Å². The van der Waals surface area contributed by atoms with Crippen molar-refractivity contribution in [1.29, 1.82) is 5.26 Å². The molecule has 1 saturated carbocycles. The predicted molar refractivity (Wildman–Crippen MR) is 45.0 cm³/mol. The molecule has 2 heteroatoms. The Labute approximate surface area is 72.5 Å². The van der Waals surface area contributed by atoms with Gasteiger partial charge >= 0.3 is 0 Å². The van der Waals surface area contributed by atoms with Crippen molar-refractivity contribution in [3.8, 4) is 6.07 Å². The molecule has 0 aromatic carbocycles. The van der Waals surface area contributed by atoms with Crippen LogP contribution in [-0.4, -0.2) is 11.7 Å². The van der Waals surface area contributed by atoms with E-state index in [-0.39, 0.29) is 6.61 Å². The lowest BCUT2D eigenvalue weighted by Gasteiger charge is -2.23. The maximum atomic E-state index is 9.14. The third-order valence-corrected chi connectivity index (χ3v) is 3.34. The first kappa shape index (κ1) is 7.82. The number of nitriles is 1. The van der Waals surface area contributed by atoms with Crippen molar-refractivity contribution in [2.24, 2.45) is 23.7 Å². The van der Waals surface area contributed by atoms with Crippen LogP contribution < -0.4 is 0 Å². The van der Waals surface area contributed by atoms with E-state index < -0.39 is 0 Å². The van der Waals surface area contributed by atoms with E-state index in [9.17, 15) is 0 Å². The van der Waals surface area contributed by atoms with Gasteiger partial charge < -0.3 is 5.11 Å². The first-order valence-corrected chi connectivity index (χ1v) is 4.53. The molecular weight excluding hydrogens is 150 g/mol. The van der Waals surface area contributed by atoms with Crippen molar-refractivity contribution < 1.29 is 5.11 Å². The van der Waals surface area contributed by atoms with Crippen molar-refractivity contribution in [2.75, 3.05) is 6.61 Å². The van der Waals surface area contributed by atoms with Crippen molar-refractivity contribution in [3.05, 3.63) is 12.2 Å². The molecule has 2 rings (SSSR count). The molecule has 1 fully saturated rings. The fourth-order valence-electron chi connectivity index (χ4n) is 2.71. The minimum atomic E-state index is 0.248. The lowest BCUT2D eigenvalue weighted by Crippen LogP contribution is -2.22. The van der Waals surface area contributed by atoms with Gasteiger partial charge in [0.1, 0.15) is 0 Å². The molecule has 0 saturated heterocycles. The monoisotopic (exact) mass is 163 g/mol. The molecule has 64 valence electrons. The molecule has 2 aliphatic carbocycles. The van der Waals surface area contributed by atoms with E-state index in [4.69, 9.17) is 10.4 Å². The smallest absolute Gasteiger partial charge is 0.0625 e. The summed E-state index contributed by atoms with van der Waals surface area (Å²) < 4.78 is 0. The van der Waals surface area contributed by atoms with Crippen LogP contribution in [-0.2, 0) is 0 Å². The molecule has 4 atom stereocenters. The molecule has 0 heterocycles.